The van der Waals surface area contributed by atoms with Crippen molar-refractivity contribution in [1.82, 2.24) is 4.90 Å². The Morgan fingerprint density at radius 3 is 2.53 bits per heavy atom. The average molecular weight is 316 g/mol. The van der Waals surface area contributed by atoms with Gasteiger partial charge in [0.1, 0.15) is 0 Å². The zero-order chi connectivity index (χ0) is 13.2. The first kappa shape index (κ1) is 14.6. The van der Waals surface area contributed by atoms with Crippen LogP contribution in [-0.2, 0) is 0 Å². The molecular weight excluding hydrogens is 298 g/mol. The van der Waals surface area contributed by atoms with Crippen LogP contribution in [0.25, 0.3) is 0 Å². The number of amides is 1. The molecule has 0 unspecified atom stereocenters. The summed E-state index contributed by atoms with van der Waals surface area (Å²) in [4.78, 5) is 14.8. The Labute approximate surface area is 117 Å². The first-order valence-corrected chi connectivity index (χ1v) is 6.69. The monoisotopic (exact) mass is 315 g/mol. The van der Waals surface area contributed by atoms with Gasteiger partial charge in [0.15, 0.2) is 0 Å². The molecule has 0 aromatic heterocycles. The summed E-state index contributed by atoms with van der Waals surface area (Å²) in [5, 5.41) is 0. The summed E-state index contributed by atoms with van der Waals surface area (Å²) >= 11 is 7.66. The van der Waals surface area contributed by atoms with Gasteiger partial charge in [-0.05, 0) is 39.5 Å². The Kier molecular flexibility index (Phi) is 4.67. The van der Waals surface area contributed by atoms with Crippen LogP contribution in [0.2, 0.25) is 0 Å². The van der Waals surface area contributed by atoms with Crippen molar-refractivity contribution in [2.24, 2.45) is 5.41 Å². The molecule has 1 rings (SSSR count). The third-order valence-electron chi connectivity index (χ3n) is 2.24. The molecule has 0 heterocycles. The molecule has 4 heteroatoms. The van der Waals surface area contributed by atoms with Gasteiger partial charge in [-0.1, -0.05) is 20.8 Å². The maximum atomic E-state index is 12.3. The van der Waals surface area contributed by atoms with Crippen LogP contribution in [0.15, 0.2) is 27.6 Å². The fraction of sp³-hybridized carbons (Fsp3) is 0.462. The summed E-state index contributed by atoms with van der Waals surface area (Å²) in [6.07, 6.45) is 0. The van der Waals surface area contributed by atoms with E-state index >= 15 is 0 Å². The van der Waals surface area contributed by atoms with Gasteiger partial charge in [0, 0.05) is 23.0 Å². The summed E-state index contributed by atoms with van der Waals surface area (Å²) in [6.45, 7) is 7.05. The van der Waals surface area contributed by atoms with Gasteiger partial charge in [0.25, 0.3) is 5.91 Å². The number of carbonyl (C=O) groups is 1. The van der Waals surface area contributed by atoms with Crippen LogP contribution in [-0.4, -0.2) is 24.4 Å². The van der Waals surface area contributed by atoms with E-state index in [0.29, 0.717) is 5.56 Å². The molecule has 0 bridgehead atoms. The molecule has 1 aromatic carbocycles. The third-order valence-corrected chi connectivity index (χ3v) is 3.21. The molecule has 0 N–H and O–H groups in total. The smallest absolute Gasteiger partial charge is 0.254 e. The van der Waals surface area contributed by atoms with Crippen molar-refractivity contribution in [3.63, 3.8) is 0 Å². The molecule has 0 fully saturated rings. The second kappa shape index (κ2) is 5.44. The van der Waals surface area contributed by atoms with Crippen molar-refractivity contribution in [2.45, 2.75) is 25.7 Å². The van der Waals surface area contributed by atoms with E-state index in [2.05, 4.69) is 49.3 Å². The number of nitrogens with zero attached hydrogens (tertiary/aromatic N) is 1. The second-order valence-electron chi connectivity index (χ2n) is 5.39. The van der Waals surface area contributed by atoms with Crippen molar-refractivity contribution in [2.75, 3.05) is 13.6 Å². The lowest BCUT2D eigenvalue weighted by molar-refractivity contribution is 0.0744. The highest BCUT2D eigenvalue weighted by atomic mass is 79.9. The van der Waals surface area contributed by atoms with Crippen LogP contribution in [0, 0.1) is 5.41 Å². The van der Waals surface area contributed by atoms with Crippen molar-refractivity contribution < 1.29 is 4.79 Å². The highest BCUT2D eigenvalue weighted by Gasteiger charge is 2.20. The standard InChI is InChI=1S/C13H18BrNOS/c1-13(2,3)8-15(4)12(16)10-7-9(17)5-6-11(10)14/h5-7,17H,8H2,1-4H3. The number of benzene rings is 1. The molecule has 2 nitrogen and oxygen atoms in total. The van der Waals surface area contributed by atoms with E-state index in [0.717, 1.165) is 15.9 Å². The second-order valence-corrected chi connectivity index (χ2v) is 6.76. The predicted octanol–water partition coefficient (Wildman–Crippen LogP) is 3.86. The van der Waals surface area contributed by atoms with Crippen LogP contribution in [0.3, 0.4) is 0 Å². The van der Waals surface area contributed by atoms with Crippen LogP contribution in [0.4, 0.5) is 0 Å². The highest BCUT2D eigenvalue weighted by molar-refractivity contribution is 9.10. The molecule has 0 radical (unpaired) electrons. The third kappa shape index (κ3) is 4.36. The quantitative estimate of drug-likeness (QED) is 0.822. The van der Waals surface area contributed by atoms with Crippen LogP contribution in [0.1, 0.15) is 31.1 Å². The molecule has 0 spiro atoms. The lowest BCUT2D eigenvalue weighted by atomic mass is 9.96. The molecule has 1 amide bonds. The SMILES string of the molecule is CN(CC(C)(C)C)C(=O)c1cc(S)ccc1Br. The van der Waals surface area contributed by atoms with E-state index in [1.165, 1.54) is 0 Å². The largest absolute Gasteiger partial charge is 0.341 e. The van der Waals surface area contributed by atoms with E-state index in [9.17, 15) is 4.79 Å². The first-order chi connectivity index (χ1) is 7.70. The van der Waals surface area contributed by atoms with Crippen molar-refractivity contribution in [3.05, 3.63) is 28.2 Å². The van der Waals surface area contributed by atoms with Gasteiger partial charge in [-0.25, -0.2) is 0 Å². The fourth-order valence-electron chi connectivity index (χ4n) is 1.67. The molecule has 0 saturated heterocycles. The van der Waals surface area contributed by atoms with E-state index in [-0.39, 0.29) is 11.3 Å². The minimum absolute atomic E-state index is 0.0164. The summed E-state index contributed by atoms with van der Waals surface area (Å²) in [6, 6.07) is 5.49. The topological polar surface area (TPSA) is 20.3 Å². The van der Waals surface area contributed by atoms with E-state index in [4.69, 9.17) is 0 Å². The predicted molar refractivity (Wildman–Crippen MR) is 77.8 cm³/mol. The molecule has 0 saturated carbocycles. The number of hydrogen-bond donors (Lipinski definition) is 1. The number of rotatable bonds is 2. The molecule has 1 aromatic rings. The average Bonchev–Trinajstić information content (AvgIpc) is 2.18. The highest BCUT2D eigenvalue weighted by Crippen LogP contribution is 2.23. The molecule has 0 aliphatic carbocycles. The Balaban J connectivity index is 2.93. The lowest BCUT2D eigenvalue weighted by Crippen LogP contribution is -2.34. The Hall–Kier alpha value is -0.480. The summed E-state index contributed by atoms with van der Waals surface area (Å²) in [7, 11) is 1.82. The minimum atomic E-state index is 0.0164. The van der Waals surface area contributed by atoms with Gasteiger partial charge in [-0.3, -0.25) is 4.79 Å². The van der Waals surface area contributed by atoms with Crippen molar-refractivity contribution in [3.8, 4) is 0 Å². The molecule has 17 heavy (non-hydrogen) atoms. The van der Waals surface area contributed by atoms with E-state index < -0.39 is 0 Å². The molecule has 0 aliphatic heterocycles. The summed E-state index contributed by atoms with van der Waals surface area (Å²) in [5.41, 5.74) is 0.749. The zero-order valence-corrected chi connectivity index (χ0v) is 13.1. The van der Waals surface area contributed by atoms with E-state index in [1.54, 1.807) is 11.0 Å². The Morgan fingerprint density at radius 2 is 2.00 bits per heavy atom. The number of hydrogen-bond acceptors (Lipinski definition) is 2. The molecule has 0 aliphatic rings. The van der Waals surface area contributed by atoms with Gasteiger partial charge in [0.05, 0.1) is 5.56 Å². The van der Waals surface area contributed by atoms with Gasteiger partial charge in [-0.2, -0.15) is 0 Å². The summed E-state index contributed by atoms with van der Waals surface area (Å²) < 4.78 is 0.807. The number of carbonyl (C=O) groups excluding carboxylic acids is 1. The minimum Gasteiger partial charge on any atom is -0.341 e. The van der Waals surface area contributed by atoms with Crippen LogP contribution >= 0.6 is 28.6 Å². The zero-order valence-electron chi connectivity index (χ0n) is 10.6. The van der Waals surface area contributed by atoms with Crippen molar-refractivity contribution >= 4 is 34.5 Å². The fourth-order valence-corrected chi connectivity index (χ4v) is 2.29. The van der Waals surface area contributed by atoms with Crippen LogP contribution in [0.5, 0.6) is 0 Å². The van der Waals surface area contributed by atoms with Gasteiger partial charge >= 0.3 is 0 Å². The summed E-state index contributed by atoms with van der Waals surface area (Å²) in [5.74, 6) is 0.0164. The van der Waals surface area contributed by atoms with Crippen molar-refractivity contribution in [1.29, 1.82) is 0 Å². The van der Waals surface area contributed by atoms with Crippen LogP contribution < -0.4 is 0 Å². The van der Waals surface area contributed by atoms with Gasteiger partial charge in [0.2, 0.25) is 0 Å². The Morgan fingerprint density at radius 1 is 1.41 bits per heavy atom. The number of thiol groups is 1. The Bertz CT molecular complexity index is 426. The first-order valence-electron chi connectivity index (χ1n) is 5.45. The van der Waals surface area contributed by atoms with Gasteiger partial charge < -0.3 is 4.90 Å². The maximum Gasteiger partial charge on any atom is 0.254 e. The molecular formula is C13H18BrNOS. The molecule has 0 atom stereocenters. The molecule has 94 valence electrons. The normalized spacial score (nSPS) is 11.4. The van der Waals surface area contributed by atoms with E-state index in [1.807, 2.05) is 19.2 Å². The lowest BCUT2D eigenvalue weighted by Gasteiger charge is -2.27. The maximum absolute atomic E-state index is 12.3. The van der Waals surface area contributed by atoms with Gasteiger partial charge in [-0.15, -0.1) is 12.6 Å². The number of halogens is 1.